The molecule has 0 bridgehead atoms. The minimum atomic E-state index is -3.69. The van der Waals surface area contributed by atoms with E-state index in [0.717, 1.165) is 61.3 Å². The molecule has 1 fully saturated rings. The van der Waals surface area contributed by atoms with Gasteiger partial charge in [0.1, 0.15) is 0 Å². The largest absolute Gasteiger partial charge is 0.379 e. The van der Waals surface area contributed by atoms with Crippen LogP contribution in [0.1, 0.15) is 5.56 Å². The predicted molar refractivity (Wildman–Crippen MR) is 132 cm³/mol. The fraction of sp³-hybridized carbons (Fsp3) is 0.231. The van der Waals surface area contributed by atoms with Gasteiger partial charge < -0.3 is 9.72 Å². The number of fused-ring (bicyclic) bond motifs is 1. The quantitative estimate of drug-likeness (QED) is 0.425. The van der Waals surface area contributed by atoms with Crippen LogP contribution in [0.2, 0.25) is 0 Å². The number of benzene rings is 3. The van der Waals surface area contributed by atoms with E-state index >= 15 is 0 Å². The van der Waals surface area contributed by atoms with E-state index in [0.29, 0.717) is 5.69 Å². The first kappa shape index (κ1) is 21.7. The molecule has 4 aromatic rings. The van der Waals surface area contributed by atoms with Crippen molar-refractivity contribution in [3.63, 3.8) is 0 Å². The number of anilines is 1. The summed E-state index contributed by atoms with van der Waals surface area (Å²) >= 11 is 0. The lowest BCUT2D eigenvalue weighted by Gasteiger charge is -2.26. The number of morpholine rings is 1. The monoisotopic (exact) mass is 461 g/mol. The molecule has 6 nitrogen and oxygen atoms in total. The van der Waals surface area contributed by atoms with Gasteiger partial charge in [-0.15, -0.1) is 0 Å². The Morgan fingerprint density at radius 2 is 1.64 bits per heavy atom. The van der Waals surface area contributed by atoms with Crippen molar-refractivity contribution in [3.05, 3.63) is 84.6 Å². The van der Waals surface area contributed by atoms with Crippen LogP contribution in [-0.2, 0) is 21.2 Å². The van der Waals surface area contributed by atoms with E-state index < -0.39 is 10.0 Å². The van der Waals surface area contributed by atoms with E-state index in [1.54, 1.807) is 18.2 Å². The van der Waals surface area contributed by atoms with Gasteiger partial charge in [-0.1, -0.05) is 42.5 Å². The lowest BCUT2D eigenvalue weighted by Crippen LogP contribution is -2.37. The summed E-state index contributed by atoms with van der Waals surface area (Å²) in [4.78, 5) is 5.94. The van der Waals surface area contributed by atoms with Crippen molar-refractivity contribution >= 4 is 26.6 Å². The molecule has 2 heterocycles. The van der Waals surface area contributed by atoms with Crippen LogP contribution in [-0.4, -0.2) is 51.1 Å². The summed E-state index contributed by atoms with van der Waals surface area (Å²) in [7, 11) is -3.69. The van der Waals surface area contributed by atoms with Crippen molar-refractivity contribution in [2.45, 2.75) is 11.3 Å². The van der Waals surface area contributed by atoms with E-state index in [-0.39, 0.29) is 4.90 Å². The number of nitrogens with zero attached hydrogens (tertiary/aromatic N) is 1. The maximum atomic E-state index is 13.0. The molecule has 1 saturated heterocycles. The molecule has 7 heteroatoms. The summed E-state index contributed by atoms with van der Waals surface area (Å²) in [6.07, 6.45) is 2.92. The summed E-state index contributed by atoms with van der Waals surface area (Å²) < 4.78 is 34.2. The van der Waals surface area contributed by atoms with Crippen molar-refractivity contribution in [2.24, 2.45) is 0 Å². The first-order valence-electron chi connectivity index (χ1n) is 11.2. The molecule has 0 aliphatic carbocycles. The second kappa shape index (κ2) is 9.39. The van der Waals surface area contributed by atoms with E-state index in [1.165, 1.54) is 5.56 Å². The lowest BCUT2D eigenvalue weighted by molar-refractivity contribution is 0.0385. The van der Waals surface area contributed by atoms with Crippen LogP contribution in [0.25, 0.3) is 22.0 Å². The van der Waals surface area contributed by atoms with E-state index in [1.807, 2.05) is 60.8 Å². The molecule has 0 amide bonds. The van der Waals surface area contributed by atoms with Gasteiger partial charge in [-0.25, -0.2) is 8.42 Å². The highest BCUT2D eigenvalue weighted by atomic mass is 32.2. The fourth-order valence-electron chi connectivity index (χ4n) is 4.22. The normalized spacial score (nSPS) is 15.0. The van der Waals surface area contributed by atoms with Crippen molar-refractivity contribution in [1.29, 1.82) is 0 Å². The molecule has 0 radical (unpaired) electrons. The Labute approximate surface area is 194 Å². The Bertz CT molecular complexity index is 1330. The zero-order valence-electron chi connectivity index (χ0n) is 18.3. The van der Waals surface area contributed by atoms with Crippen LogP contribution in [0.4, 0.5) is 5.69 Å². The number of ether oxygens (including phenoxy) is 1. The third-order valence-electron chi connectivity index (χ3n) is 6.09. The number of H-pyrrole nitrogens is 1. The summed E-state index contributed by atoms with van der Waals surface area (Å²) in [5.74, 6) is 0. The third kappa shape index (κ3) is 4.95. The Morgan fingerprint density at radius 3 is 2.39 bits per heavy atom. The van der Waals surface area contributed by atoms with Gasteiger partial charge in [-0.2, -0.15) is 0 Å². The smallest absolute Gasteiger partial charge is 0.261 e. The van der Waals surface area contributed by atoms with Gasteiger partial charge in [-0.3, -0.25) is 9.62 Å². The van der Waals surface area contributed by atoms with Gasteiger partial charge in [0, 0.05) is 42.4 Å². The molecule has 0 atom stereocenters. The number of sulfonamides is 1. The average molecular weight is 462 g/mol. The number of rotatable bonds is 7. The molecule has 0 unspecified atom stereocenters. The summed E-state index contributed by atoms with van der Waals surface area (Å²) in [5, 5.41) is 1.04. The lowest BCUT2D eigenvalue weighted by atomic mass is 10.1. The zero-order chi connectivity index (χ0) is 22.7. The maximum Gasteiger partial charge on any atom is 0.261 e. The van der Waals surface area contributed by atoms with Crippen molar-refractivity contribution in [1.82, 2.24) is 9.88 Å². The van der Waals surface area contributed by atoms with Gasteiger partial charge in [0.05, 0.1) is 18.1 Å². The molecule has 1 aliphatic rings. The Balaban J connectivity index is 1.32. The van der Waals surface area contributed by atoms with Gasteiger partial charge in [0.15, 0.2) is 0 Å². The molecule has 3 aromatic carbocycles. The molecular formula is C26H27N3O3S. The van der Waals surface area contributed by atoms with E-state index in [4.69, 9.17) is 4.74 Å². The van der Waals surface area contributed by atoms with Crippen LogP contribution in [0.15, 0.2) is 83.9 Å². The molecule has 0 spiro atoms. The summed E-state index contributed by atoms with van der Waals surface area (Å²) in [6.45, 7) is 4.44. The van der Waals surface area contributed by atoms with Crippen LogP contribution in [0, 0.1) is 0 Å². The average Bonchev–Trinajstić information content (AvgIpc) is 3.26. The highest BCUT2D eigenvalue weighted by molar-refractivity contribution is 7.92. The van der Waals surface area contributed by atoms with Crippen LogP contribution in [0.5, 0.6) is 0 Å². The highest BCUT2D eigenvalue weighted by Gasteiger charge is 2.16. The predicted octanol–water partition coefficient (Wildman–Crippen LogP) is 4.51. The molecular weight excluding hydrogens is 434 g/mol. The van der Waals surface area contributed by atoms with Gasteiger partial charge in [0.25, 0.3) is 10.0 Å². The third-order valence-corrected chi connectivity index (χ3v) is 7.49. The van der Waals surface area contributed by atoms with Gasteiger partial charge in [0.2, 0.25) is 0 Å². The zero-order valence-corrected chi connectivity index (χ0v) is 19.1. The molecule has 170 valence electrons. The highest BCUT2D eigenvalue weighted by Crippen LogP contribution is 2.26. The van der Waals surface area contributed by atoms with Crippen LogP contribution < -0.4 is 4.72 Å². The standard InChI is InChI=1S/C26H27N3O3S/c30-33(31,24-9-6-21(7-10-24)20-4-2-1-3-5-20)28-23-8-11-26-25(18-23)22(19-27-26)12-13-29-14-16-32-17-15-29/h1-11,18-19,27-28H,12-17H2. The molecule has 1 aromatic heterocycles. The maximum absolute atomic E-state index is 13.0. The van der Waals surface area contributed by atoms with Gasteiger partial charge in [-0.05, 0) is 53.4 Å². The Hall–Kier alpha value is -3.13. The number of hydrogen-bond acceptors (Lipinski definition) is 4. The number of aromatic amines is 1. The van der Waals surface area contributed by atoms with Gasteiger partial charge >= 0.3 is 0 Å². The van der Waals surface area contributed by atoms with Crippen LogP contribution >= 0.6 is 0 Å². The molecule has 5 rings (SSSR count). The number of hydrogen-bond donors (Lipinski definition) is 2. The van der Waals surface area contributed by atoms with Crippen molar-refractivity contribution < 1.29 is 13.2 Å². The molecule has 33 heavy (non-hydrogen) atoms. The summed E-state index contributed by atoms with van der Waals surface area (Å²) in [6, 6.07) is 22.5. The molecule has 1 aliphatic heterocycles. The van der Waals surface area contributed by atoms with Crippen LogP contribution in [0.3, 0.4) is 0 Å². The Kier molecular flexibility index (Phi) is 6.17. The second-order valence-corrected chi connectivity index (χ2v) is 9.96. The SMILES string of the molecule is O=S(=O)(Nc1ccc2[nH]cc(CCN3CCOCC3)c2c1)c1ccc(-c2ccccc2)cc1. The summed E-state index contributed by atoms with van der Waals surface area (Å²) in [5.41, 5.74) is 4.78. The molecule has 2 N–H and O–H groups in total. The number of nitrogens with one attached hydrogen (secondary N) is 2. The fourth-order valence-corrected chi connectivity index (χ4v) is 5.27. The Morgan fingerprint density at radius 1 is 0.909 bits per heavy atom. The topological polar surface area (TPSA) is 74.4 Å². The molecule has 0 saturated carbocycles. The van der Waals surface area contributed by atoms with Crippen molar-refractivity contribution in [2.75, 3.05) is 37.6 Å². The first-order chi connectivity index (χ1) is 16.1. The second-order valence-electron chi connectivity index (χ2n) is 8.27. The van der Waals surface area contributed by atoms with Crippen molar-refractivity contribution in [3.8, 4) is 11.1 Å². The van der Waals surface area contributed by atoms with E-state index in [9.17, 15) is 8.42 Å². The van der Waals surface area contributed by atoms with E-state index in [2.05, 4.69) is 14.6 Å². The minimum absolute atomic E-state index is 0.240. The minimum Gasteiger partial charge on any atom is -0.379 e. The first-order valence-corrected chi connectivity index (χ1v) is 12.7. The number of aromatic nitrogens is 1.